The summed E-state index contributed by atoms with van der Waals surface area (Å²) in [5, 5.41) is 2.95. The van der Waals surface area contributed by atoms with Gasteiger partial charge in [-0.15, -0.1) is 0 Å². The van der Waals surface area contributed by atoms with E-state index < -0.39 is 0 Å². The molecular formula is C17H23N3O2. The van der Waals surface area contributed by atoms with Crippen molar-refractivity contribution in [2.45, 2.75) is 13.5 Å². The van der Waals surface area contributed by atoms with Crippen LogP contribution in [0.2, 0.25) is 0 Å². The smallest absolute Gasteiger partial charge is 0.246 e. The molecular weight excluding hydrogens is 278 g/mol. The number of aryl methyl sites for hydroxylation is 1. The van der Waals surface area contributed by atoms with Gasteiger partial charge in [0, 0.05) is 32.7 Å². The number of nitrogens with one attached hydrogen (secondary N) is 1. The Hall–Kier alpha value is -2.14. The number of rotatable bonds is 5. The van der Waals surface area contributed by atoms with Crippen LogP contribution < -0.4 is 5.32 Å². The van der Waals surface area contributed by atoms with Gasteiger partial charge in [-0.2, -0.15) is 0 Å². The molecule has 1 saturated heterocycles. The molecule has 0 aliphatic carbocycles. The second kappa shape index (κ2) is 7.75. The highest BCUT2D eigenvalue weighted by Crippen LogP contribution is 2.06. The van der Waals surface area contributed by atoms with Crippen molar-refractivity contribution >= 4 is 11.8 Å². The standard InChI is InChI=1S/C17H23N3O2/c1-3-17(22)20-10-8-19(9-11-20)13-16(21)18-12-15-7-5-4-6-14(15)2/h3-7H,1,8-13H2,2H3,(H,18,21). The van der Waals surface area contributed by atoms with Crippen LogP contribution in [-0.2, 0) is 16.1 Å². The average molecular weight is 301 g/mol. The lowest BCUT2D eigenvalue weighted by molar-refractivity contribution is -0.128. The van der Waals surface area contributed by atoms with E-state index in [0.717, 1.165) is 18.7 Å². The number of nitrogens with zero attached hydrogens (tertiary/aromatic N) is 2. The lowest BCUT2D eigenvalue weighted by Gasteiger charge is -2.33. The maximum atomic E-state index is 12.0. The number of carbonyl (C=O) groups excluding carboxylic acids is 2. The van der Waals surface area contributed by atoms with Gasteiger partial charge >= 0.3 is 0 Å². The van der Waals surface area contributed by atoms with Crippen LogP contribution >= 0.6 is 0 Å². The van der Waals surface area contributed by atoms with Crippen LogP contribution in [0.3, 0.4) is 0 Å². The van der Waals surface area contributed by atoms with E-state index in [0.29, 0.717) is 26.2 Å². The molecule has 5 nitrogen and oxygen atoms in total. The zero-order valence-electron chi connectivity index (χ0n) is 13.0. The summed E-state index contributed by atoms with van der Waals surface area (Å²) in [5.74, 6) is -0.0181. The lowest BCUT2D eigenvalue weighted by atomic mass is 10.1. The minimum Gasteiger partial charge on any atom is -0.351 e. The van der Waals surface area contributed by atoms with Gasteiger partial charge in [0.2, 0.25) is 11.8 Å². The summed E-state index contributed by atoms with van der Waals surface area (Å²) in [7, 11) is 0. The highest BCUT2D eigenvalue weighted by Gasteiger charge is 2.20. The van der Waals surface area contributed by atoms with Crippen LogP contribution in [0.4, 0.5) is 0 Å². The largest absolute Gasteiger partial charge is 0.351 e. The Morgan fingerprint density at radius 3 is 2.55 bits per heavy atom. The van der Waals surface area contributed by atoms with Gasteiger partial charge in [0.05, 0.1) is 6.54 Å². The Balaban J connectivity index is 1.73. The molecule has 0 atom stereocenters. The summed E-state index contributed by atoms with van der Waals surface area (Å²) in [4.78, 5) is 27.3. The summed E-state index contributed by atoms with van der Waals surface area (Å²) in [6.45, 7) is 9.20. The quantitative estimate of drug-likeness (QED) is 0.824. The average Bonchev–Trinajstić information content (AvgIpc) is 2.54. The van der Waals surface area contributed by atoms with Gasteiger partial charge in [0.15, 0.2) is 0 Å². The minimum absolute atomic E-state index is 0.0201. The van der Waals surface area contributed by atoms with Crippen molar-refractivity contribution in [2.75, 3.05) is 32.7 Å². The fraction of sp³-hybridized carbons (Fsp3) is 0.412. The van der Waals surface area contributed by atoms with Crippen LogP contribution in [0.1, 0.15) is 11.1 Å². The van der Waals surface area contributed by atoms with E-state index in [1.165, 1.54) is 11.6 Å². The molecule has 0 unspecified atom stereocenters. The summed E-state index contributed by atoms with van der Waals surface area (Å²) in [5.41, 5.74) is 2.32. The molecule has 0 radical (unpaired) electrons. The fourth-order valence-corrected chi connectivity index (χ4v) is 2.52. The van der Waals surface area contributed by atoms with Crippen LogP contribution in [0.15, 0.2) is 36.9 Å². The maximum absolute atomic E-state index is 12.0. The third-order valence-corrected chi connectivity index (χ3v) is 3.96. The Morgan fingerprint density at radius 2 is 1.91 bits per heavy atom. The van der Waals surface area contributed by atoms with Crippen LogP contribution in [0.25, 0.3) is 0 Å². The molecule has 0 bridgehead atoms. The van der Waals surface area contributed by atoms with Crippen molar-refractivity contribution in [1.29, 1.82) is 0 Å². The first-order chi connectivity index (χ1) is 10.6. The molecule has 5 heteroatoms. The zero-order valence-corrected chi connectivity index (χ0v) is 13.0. The molecule has 1 fully saturated rings. The van der Waals surface area contributed by atoms with Crippen molar-refractivity contribution in [3.63, 3.8) is 0 Å². The van der Waals surface area contributed by atoms with Gasteiger partial charge in [-0.05, 0) is 24.1 Å². The number of carbonyl (C=O) groups is 2. The van der Waals surface area contributed by atoms with E-state index in [-0.39, 0.29) is 11.8 Å². The first-order valence-corrected chi connectivity index (χ1v) is 7.55. The molecule has 1 aromatic rings. The summed E-state index contributed by atoms with van der Waals surface area (Å²) >= 11 is 0. The molecule has 22 heavy (non-hydrogen) atoms. The molecule has 1 aliphatic heterocycles. The van der Waals surface area contributed by atoms with E-state index in [1.807, 2.05) is 31.2 Å². The monoisotopic (exact) mass is 301 g/mol. The molecule has 2 amide bonds. The molecule has 1 heterocycles. The van der Waals surface area contributed by atoms with E-state index in [9.17, 15) is 9.59 Å². The SMILES string of the molecule is C=CC(=O)N1CCN(CC(=O)NCc2ccccc2C)CC1. The molecule has 1 aromatic carbocycles. The Kier molecular flexibility index (Phi) is 5.72. The van der Waals surface area contributed by atoms with Crippen molar-refractivity contribution in [3.8, 4) is 0 Å². The van der Waals surface area contributed by atoms with E-state index in [2.05, 4.69) is 16.8 Å². The summed E-state index contributed by atoms with van der Waals surface area (Å²) in [6, 6.07) is 8.03. The highest BCUT2D eigenvalue weighted by molar-refractivity contribution is 5.87. The van der Waals surface area contributed by atoms with Gasteiger partial charge in [-0.1, -0.05) is 30.8 Å². The molecule has 0 saturated carbocycles. The van der Waals surface area contributed by atoms with E-state index in [1.54, 1.807) is 4.90 Å². The second-order valence-electron chi connectivity index (χ2n) is 5.51. The predicted octanol–water partition coefficient (Wildman–Crippen LogP) is 0.941. The first kappa shape index (κ1) is 16.2. The highest BCUT2D eigenvalue weighted by atomic mass is 16.2. The normalized spacial score (nSPS) is 15.4. The molecule has 0 aromatic heterocycles. The van der Waals surface area contributed by atoms with Crippen molar-refractivity contribution in [3.05, 3.63) is 48.0 Å². The van der Waals surface area contributed by atoms with E-state index in [4.69, 9.17) is 0 Å². The number of benzene rings is 1. The predicted molar refractivity (Wildman–Crippen MR) is 86.2 cm³/mol. The van der Waals surface area contributed by atoms with Crippen molar-refractivity contribution in [2.24, 2.45) is 0 Å². The Bertz CT molecular complexity index is 549. The van der Waals surface area contributed by atoms with Gasteiger partial charge in [0.25, 0.3) is 0 Å². The van der Waals surface area contributed by atoms with Crippen LogP contribution in [-0.4, -0.2) is 54.3 Å². The molecule has 0 spiro atoms. The van der Waals surface area contributed by atoms with Crippen LogP contribution in [0.5, 0.6) is 0 Å². The first-order valence-electron chi connectivity index (χ1n) is 7.55. The van der Waals surface area contributed by atoms with Crippen molar-refractivity contribution in [1.82, 2.24) is 15.1 Å². The molecule has 2 rings (SSSR count). The van der Waals surface area contributed by atoms with Gasteiger partial charge in [-0.3, -0.25) is 14.5 Å². The molecule has 118 valence electrons. The number of hydrogen-bond donors (Lipinski definition) is 1. The molecule has 1 aliphatic rings. The van der Waals surface area contributed by atoms with Crippen molar-refractivity contribution < 1.29 is 9.59 Å². The van der Waals surface area contributed by atoms with Crippen LogP contribution in [0, 0.1) is 6.92 Å². The lowest BCUT2D eigenvalue weighted by Crippen LogP contribution is -2.50. The third-order valence-electron chi connectivity index (χ3n) is 3.96. The van der Waals surface area contributed by atoms with Gasteiger partial charge in [0.1, 0.15) is 0 Å². The maximum Gasteiger partial charge on any atom is 0.246 e. The topological polar surface area (TPSA) is 52.7 Å². The number of piperazine rings is 1. The van der Waals surface area contributed by atoms with E-state index >= 15 is 0 Å². The fourth-order valence-electron chi connectivity index (χ4n) is 2.52. The second-order valence-corrected chi connectivity index (χ2v) is 5.51. The Labute approximate surface area is 131 Å². The van der Waals surface area contributed by atoms with Gasteiger partial charge in [-0.25, -0.2) is 0 Å². The zero-order chi connectivity index (χ0) is 15.9. The van der Waals surface area contributed by atoms with Gasteiger partial charge < -0.3 is 10.2 Å². The molecule has 1 N–H and O–H groups in total. The third kappa shape index (κ3) is 4.43. The summed E-state index contributed by atoms with van der Waals surface area (Å²) in [6.07, 6.45) is 1.34. The number of amides is 2. The number of hydrogen-bond acceptors (Lipinski definition) is 3. The Morgan fingerprint density at radius 1 is 1.23 bits per heavy atom. The minimum atomic E-state index is -0.0383. The summed E-state index contributed by atoms with van der Waals surface area (Å²) < 4.78 is 0.